The molecule has 0 aliphatic heterocycles. The number of benzene rings is 3. The van der Waals surface area contributed by atoms with Gasteiger partial charge in [0.05, 0.1) is 6.61 Å². The van der Waals surface area contributed by atoms with Crippen molar-refractivity contribution in [1.82, 2.24) is 19.7 Å². The second kappa shape index (κ2) is 9.41. The molecule has 0 saturated carbocycles. The molecule has 0 fully saturated rings. The van der Waals surface area contributed by atoms with E-state index in [0.29, 0.717) is 28.1 Å². The highest BCUT2D eigenvalue weighted by Crippen LogP contribution is 2.42. The average molecular weight is 512 g/mol. The molecule has 0 bridgehead atoms. The highest BCUT2D eigenvalue weighted by Gasteiger charge is 2.36. The fourth-order valence-electron chi connectivity index (χ4n) is 4.23. The first-order valence-corrected chi connectivity index (χ1v) is 11.1. The topological polar surface area (TPSA) is 86.2 Å². The van der Waals surface area contributed by atoms with Crippen molar-refractivity contribution < 1.29 is 31.8 Å². The second-order valence-electron chi connectivity index (χ2n) is 8.34. The summed E-state index contributed by atoms with van der Waals surface area (Å²) in [6, 6.07) is 13.2. The molecule has 0 aliphatic carbocycles. The Bertz CT molecular complexity index is 1570. The number of ether oxygens (including phenoxy) is 1. The van der Waals surface area contributed by atoms with Crippen LogP contribution in [0.4, 0.5) is 17.6 Å². The van der Waals surface area contributed by atoms with Crippen molar-refractivity contribution in [2.75, 3.05) is 13.7 Å². The number of nitrogens with zero attached hydrogens (tertiary/aromatic N) is 4. The number of halogens is 4. The molecule has 5 aromatic rings. The van der Waals surface area contributed by atoms with Crippen molar-refractivity contribution in [2.24, 2.45) is 7.05 Å². The highest BCUT2D eigenvalue weighted by atomic mass is 19.4. The average Bonchev–Trinajstić information content (AvgIpc) is 3.49. The van der Waals surface area contributed by atoms with E-state index < -0.39 is 35.9 Å². The van der Waals surface area contributed by atoms with Gasteiger partial charge in [-0.05, 0) is 47.0 Å². The van der Waals surface area contributed by atoms with Crippen LogP contribution in [0.2, 0.25) is 0 Å². The molecule has 5 rings (SSSR count). The van der Waals surface area contributed by atoms with Crippen molar-refractivity contribution in [1.29, 1.82) is 0 Å². The second-order valence-corrected chi connectivity index (χ2v) is 8.34. The van der Waals surface area contributed by atoms with E-state index in [-0.39, 0.29) is 17.0 Å². The summed E-state index contributed by atoms with van der Waals surface area (Å²) < 4.78 is 68.2. The molecule has 2 heterocycles. The third-order valence-corrected chi connectivity index (χ3v) is 6.03. The largest absolute Gasteiger partial charge is 0.435 e. The Hall–Kier alpha value is -4.09. The van der Waals surface area contributed by atoms with Gasteiger partial charge in [0, 0.05) is 25.3 Å². The SMILES string of the molecule is CO[C@@H](CO)c1cc(C(F)(F)F)c2oc(-c3cccc(-c4ccc(F)cc4)c3-c3nncn3C)nc2c1. The maximum Gasteiger partial charge on any atom is 0.420 e. The third kappa shape index (κ3) is 4.47. The Balaban J connectivity index is 1.79. The van der Waals surface area contributed by atoms with Crippen LogP contribution in [0.3, 0.4) is 0 Å². The third-order valence-electron chi connectivity index (χ3n) is 6.03. The number of aliphatic hydroxyl groups is 1. The van der Waals surface area contributed by atoms with Gasteiger partial charge in [-0.15, -0.1) is 10.2 Å². The molecule has 0 amide bonds. The summed E-state index contributed by atoms with van der Waals surface area (Å²) in [7, 11) is 3.02. The first-order valence-electron chi connectivity index (χ1n) is 11.1. The lowest BCUT2D eigenvalue weighted by Crippen LogP contribution is -2.10. The first kappa shape index (κ1) is 24.6. The van der Waals surface area contributed by atoms with Crippen LogP contribution in [-0.4, -0.2) is 38.6 Å². The van der Waals surface area contributed by atoms with E-state index in [2.05, 4.69) is 15.2 Å². The Labute approximate surface area is 208 Å². The minimum absolute atomic E-state index is 0.0496. The van der Waals surface area contributed by atoms with Crippen LogP contribution in [0.15, 0.2) is 65.3 Å². The highest BCUT2D eigenvalue weighted by molar-refractivity contribution is 5.92. The van der Waals surface area contributed by atoms with Crippen LogP contribution >= 0.6 is 0 Å². The van der Waals surface area contributed by atoms with Crippen molar-refractivity contribution in [3.8, 4) is 34.0 Å². The van der Waals surface area contributed by atoms with Gasteiger partial charge in [0.25, 0.3) is 0 Å². The summed E-state index contributed by atoms with van der Waals surface area (Å²) in [6.45, 7) is -0.514. The molecule has 37 heavy (non-hydrogen) atoms. The van der Waals surface area contributed by atoms with Gasteiger partial charge in [-0.2, -0.15) is 13.2 Å². The summed E-state index contributed by atoms with van der Waals surface area (Å²) >= 11 is 0. The van der Waals surface area contributed by atoms with Crippen LogP contribution in [0.5, 0.6) is 0 Å². The number of hydrogen-bond donors (Lipinski definition) is 1. The van der Waals surface area contributed by atoms with E-state index in [1.54, 1.807) is 41.9 Å². The van der Waals surface area contributed by atoms with E-state index in [0.717, 1.165) is 6.07 Å². The van der Waals surface area contributed by atoms with Crippen LogP contribution in [0, 0.1) is 5.82 Å². The number of alkyl halides is 3. The van der Waals surface area contributed by atoms with Crippen LogP contribution in [0.25, 0.3) is 45.1 Å². The standard InChI is InChI=1S/C26H20F4N4O3/c1-34-13-31-33-24(34)22-17(14-6-8-16(27)9-7-14)4-3-5-18(22)25-32-20-11-15(21(12-35)36-2)10-19(23(20)37-25)26(28,29)30/h3-11,13,21,35H,12H2,1-2H3/t21-/m0/s1. The monoisotopic (exact) mass is 512 g/mol. The minimum Gasteiger partial charge on any atom is -0.435 e. The van der Waals surface area contributed by atoms with Crippen LogP contribution in [-0.2, 0) is 18.0 Å². The maximum atomic E-state index is 14.0. The van der Waals surface area contributed by atoms with Gasteiger partial charge in [-0.1, -0.05) is 24.3 Å². The molecular formula is C26H20F4N4O3. The number of rotatable bonds is 6. The van der Waals surface area contributed by atoms with E-state index in [1.165, 1.54) is 31.6 Å². The molecule has 190 valence electrons. The Morgan fingerprint density at radius 3 is 2.43 bits per heavy atom. The normalized spacial score (nSPS) is 12.8. The molecule has 11 heteroatoms. The van der Waals surface area contributed by atoms with Crippen molar-refractivity contribution in [3.05, 3.63) is 77.9 Å². The number of aromatic nitrogens is 4. The lowest BCUT2D eigenvalue weighted by molar-refractivity contribution is -0.137. The summed E-state index contributed by atoms with van der Waals surface area (Å²) in [5.41, 5.74) is 0.728. The van der Waals surface area contributed by atoms with Crippen molar-refractivity contribution >= 4 is 11.1 Å². The molecule has 3 aromatic carbocycles. The van der Waals surface area contributed by atoms with E-state index in [1.807, 2.05) is 0 Å². The zero-order valence-corrected chi connectivity index (χ0v) is 19.6. The molecule has 0 aliphatic rings. The number of hydrogen-bond acceptors (Lipinski definition) is 6. The summed E-state index contributed by atoms with van der Waals surface area (Å²) in [5.74, 6) is -0.0713. The molecule has 2 aromatic heterocycles. The summed E-state index contributed by atoms with van der Waals surface area (Å²) in [4.78, 5) is 4.40. The smallest absolute Gasteiger partial charge is 0.420 e. The van der Waals surface area contributed by atoms with Gasteiger partial charge in [0.15, 0.2) is 11.4 Å². The fraction of sp³-hybridized carbons (Fsp3) is 0.192. The van der Waals surface area contributed by atoms with Gasteiger partial charge >= 0.3 is 6.18 Å². The Morgan fingerprint density at radius 2 is 1.81 bits per heavy atom. The van der Waals surface area contributed by atoms with Gasteiger partial charge in [0.1, 0.15) is 29.3 Å². The Morgan fingerprint density at radius 1 is 1.08 bits per heavy atom. The molecule has 0 saturated heterocycles. The van der Waals surface area contributed by atoms with Gasteiger partial charge < -0.3 is 18.8 Å². The first-order chi connectivity index (χ1) is 17.7. The lowest BCUT2D eigenvalue weighted by Gasteiger charge is -2.15. The number of aryl methyl sites for hydroxylation is 1. The lowest BCUT2D eigenvalue weighted by atomic mass is 9.94. The quantitative estimate of drug-likeness (QED) is 0.290. The molecule has 1 N–H and O–H groups in total. The molecule has 1 atom stereocenters. The molecule has 0 radical (unpaired) electrons. The van der Waals surface area contributed by atoms with Gasteiger partial charge in [-0.3, -0.25) is 0 Å². The van der Waals surface area contributed by atoms with Crippen LogP contribution < -0.4 is 0 Å². The fourth-order valence-corrected chi connectivity index (χ4v) is 4.23. The van der Waals surface area contributed by atoms with Crippen molar-refractivity contribution in [2.45, 2.75) is 12.3 Å². The summed E-state index contributed by atoms with van der Waals surface area (Å²) in [5, 5.41) is 17.7. The number of aliphatic hydroxyl groups excluding tert-OH is 1. The van der Waals surface area contributed by atoms with Crippen LogP contribution in [0.1, 0.15) is 17.2 Å². The minimum atomic E-state index is -4.75. The molecule has 0 unspecified atom stereocenters. The van der Waals surface area contributed by atoms with E-state index >= 15 is 0 Å². The summed E-state index contributed by atoms with van der Waals surface area (Å²) in [6.07, 6.45) is -4.23. The van der Waals surface area contributed by atoms with E-state index in [4.69, 9.17) is 9.15 Å². The molecule has 0 spiro atoms. The predicted octanol–water partition coefficient (Wildman–Crippen LogP) is 5.80. The van der Waals surface area contributed by atoms with Gasteiger partial charge in [0.2, 0.25) is 5.89 Å². The van der Waals surface area contributed by atoms with Gasteiger partial charge in [-0.25, -0.2) is 9.37 Å². The number of methoxy groups -OCH3 is 1. The van der Waals surface area contributed by atoms with E-state index in [9.17, 15) is 22.7 Å². The maximum absolute atomic E-state index is 14.0. The Kier molecular flexibility index (Phi) is 6.26. The number of oxazole rings is 1. The molecular weight excluding hydrogens is 492 g/mol. The zero-order chi connectivity index (χ0) is 26.3. The predicted molar refractivity (Wildman–Crippen MR) is 127 cm³/mol. The zero-order valence-electron chi connectivity index (χ0n) is 19.6. The molecule has 7 nitrogen and oxygen atoms in total. The number of fused-ring (bicyclic) bond motifs is 1. The van der Waals surface area contributed by atoms with Crippen molar-refractivity contribution in [3.63, 3.8) is 0 Å².